The first-order chi connectivity index (χ1) is 14.7. The molecule has 4 nitrogen and oxygen atoms in total. The molecule has 1 aliphatic rings. The number of halogens is 1. The topological polar surface area (TPSA) is 41.6 Å². The second-order valence-corrected chi connectivity index (χ2v) is 9.08. The van der Waals surface area contributed by atoms with E-state index in [0.29, 0.717) is 18.9 Å². The Morgan fingerprint density at radius 1 is 1.07 bits per heavy atom. The lowest BCUT2D eigenvalue weighted by atomic mass is 10.1. The molecule has 0 unspecified atom stereocenters. The van der Waals surface area contributed by atoms with Crippen LogP contribution in [-0.2, 0) is 17.1 Å². The maximum absolute atomic E-state index is 12.0. The van der Waals surface area contributed by atoms with Crippen LogP contribution in [0.4, 0.5) is 0 Å². The Labute approximate surface area is 189 Å². The summed E-state index contributed by atoms with van der Waals surface area (Å²) in [5.41, 5.74) is 2.48. The van der Waals surface area contributed by atoms with Gasteiger partial charge in [-0.3, -0.25) is 9.69 Å². The Balaban J connectivity index is 1.26. The van der Waals surface area contributed by atoms with Crippen molar-refractivity contribution in [1.82, 2.24) is 10.2 Å². The van der Waals surface area contributed by atoms with E-state index >= 15 is 0 Å². The van der Waals surface area contributed by atoms with E-state index in [4.69, 9.17) is 16.3 Å². The molecule has 0 atom stereocenters. The number of carbonyl (C=O) groups excluding carboxylic acids is 1. The van der Waals surface area contributed by atoms with Crippen molar-refractivity contribution >= 4 is 29.3 Å². The number of piperidine rings is 1. The predicted octanol–water partition coefficient (Wildman–Crippen LogP) is 5.14. The van der Waals surface area contributed by atoms with E-state index in [9.17, 15) is 4.79 Å². The second kappa shape index (κ2) is 12.9. The second-order valence-electron chi connectivity index (χ2n) is 7.66. The minimum atomic E-state index is 0.0671. The van der Waals surface area contributed by atoms with Crippen molar-refractivity contribution in [2.75, 3.05) is 32.0 Å². The summed E-state index contributed by atoms with van der Waals surface area (Å²) in [6, 6.07) is 16.1. The smallest absolute Gasteiger partial charge is 0.230 e. The summed E-state index contributed by atoms with van der Waals surface area (Å²) in [6.07, 6.45) is 4.77. The van der Waals surface area contributed by atoms with Crippen LogP contribution in [0.5, 0.6) is 5.75 Å². The third kappa shape index (κ3) is 8.58. The number of hydrogen-bond acceptors (Lipinski definition) is 4. The lowest BCUT2D eigenvalue weighted by Gasteiger charge is -2.26. The Morgan fingerprint density at radius 2 is 1.87 bits per heavy atom. The van der Waals surface area contributed by atoms with Crippen molar-refractivity contribution in [2.24, 2.45) is 0 Å². The van der Waals surface area contributed by atoms with E-state index in [1.54, 1.807) is 11.8 Å². The fourth-order valence-corrected chi connectivity index (χ4v) is 4.44. The van der Waals surface area contributed by atoms with Gasteiger partial charge in [0.05, 0.1) is 12.4 Å². The number of thioether (sulfide) groups is 1. The van der Waals surface area contributed by atoms with E-state index in [0.717, 1.165) is 29.5 Å². The molecule has 0 aliphatic carbocycles. The number of amides is 1. The van der Waals surface area contributed by atoms with Gasteiger partial charge in [0.1, 0.15) is 5.75 Å². The molecule has 2 aromatic carbocycles. The van der Waals surface area contributed by atoms with Crippen molar-refractivity contribution in [3.05, 3.63) is 64.7 Å². The highest BCUT2D eigenvalue weighted by atomic mass is 35.5. The molecule has 162 valence electrons. The first-order valence-corrected chi connectivity index (χ1v) is 12.3. The van der Waals surface area contributed by atoms with E-state index < -0.39 is 0 Å². The number of carbonyl (C=O) groups is 1. The van der Waals surface area contributed by atoms with Gasteiger partial charge >= 0.3 is 0 Å². The van der Waals surface area contributed by atoms with Crippen molar-refractivity contribution in [1.29, 1.82) is 0 Å². The average Bonchev–Trinajstić information content (AvgIpc) is 2.76. The Hall–Kier alpha value is -1.69. The molecule has 0 radical (unpaired) electrons. The summed E-state index contributed by atoms with van der Waals surface area (Å²) in [4.78, 5) is 14.5. The maximum Gasteiger partial charge on any atom is 0.230 e. The molecule has 1 fully saturated rings. The van der Waals surface area contributed by atoms with Gasteiger partial charge in [-0.2, -0.15) is 0 Å². The molecular weight excluding hydrogens is 416 g/mol. The standard InChI is InChI=1S/C24H31ClN2O2S/c25-22-10-8-20(9-11-22)18-30-19-24(28)26-12-5-15-29-23-7-4-6-21(16-23)17-27-13-2-1-3-14-27/h4,6-11,16H,1-3,5,12-15,17-19H2,(H,26,28). The molecule has 1 amide bonds. The van der Waals surface area contributed by atoms with E-state index in [-0.39, 0.29) is 5.91 Å². The van der Waals surface area contributed by atoms with E-state index in [1.165, 1.54) is 43.5 Å². The lowest BCUT2D eigenvalue weighted by Crippen LogP contribution is -2.29. The summed E-state index contributed by atoms with van der Waals surface area (Å²) < 4.78 is 5.88. The van der Waals surface area contributed by atoms with Crippen LogP contribution in [-0.4, -0.2) is 42.8 Å². The molecule has 2 aromatic rings. The van der Waals surface area contributed by atoms with Crippen LogP contribution < -0.4 is 10.1 Å². The number of likely N-dealkylation sites (tertiary alicyclic amines) is 1. The monoisotopic (exact) mass is 446 g/mol. The summed E-state index contributed by atoms with van der Waals surface area (Å²) in [5, 5.41) is 3.70. The number of nitrogens with one attached hydrogen (secondary N) is 1. The van der Waals surface area contributed by atoms with Gasteiger partial charge in [-0.05, 0) is 67.7 Å². The fraction of sp³-hybridized carbons (Fsp3) is 0.458. The minimum Gasteiger partial charge on any atom is -0.494 e. The third-order valence-corrected chi connectivity index (χ3v) is 6.34. The summed E-state index contributed by atoms with van der Waals surface area (Å²) in [5.74, 6) is 2.25. The zero-order chi connectivity index (χ0) is 21.0. The zero-order valence-electron chi connectivity index (χ0n) is 17.4. The summed E-state index contributed by atoms with van der Waals surface area (Å²) in [6.45, 7) is 4.63. The average molecular weight is 447 g/mol. The number of benzene rings is 2. The molecule has 6 heteroatoms. The van der Waals surface area contributed by atoms with Crippen LogP contribution >= 0.6 is 23.4 Å². The quantitative estimate of drug-likeness (QED) is 0.485. The molecule has 0 aromatic heterocycles. The fourth-order valence-electron chi connectivity index (χ4n) is 3.49. The van der Waals surface area contributed by atoms with Gasteiger partial charge in [-0.1, -0.05) is 42.3 Å². The SMILES string of the molecule is O=C(CSCc1ccc(Cl)cc1)NCCCOc1cccc(CN2CCCCC2)c1. The Morgan fingerprint density at radius 3 is 2.67 bits per heavy atom. The van der Waals surface area contributed by atoms with Crippen molar-refractivity contribution in [3.63, 3.8) is 0 Å². The minimum absolute atomic E-state index is 0.0671. The van der Waals surface area contributed by atoms with Gasteiger partial charge in [0.2, 0.25) is 5.91 Å². The van der Waals surface area contributed by atoms with Crippen LogP contribution in [0.25, 0.3) is 0 Å². The van der Waals surface area contributed by atoms with Crippen LogP contribution in [0.1, 0.15) is 36.8 Å². The first kappa shape index (κ1) is 23.0. The van der Waals surface area contributed by atoms with E-state index in [2.05, 4.69) is 28.4 Å². The molecule has 3 rings (SSSR count). The normalized spacial score (nSPS) is 14.4. The number of nitrogens with zero attached hydrogens (tertiary/aromatic N) is 1. The van der Waals surface area contributed by atoms with Crippen LogP contribution in [0.2, 0.25) is 5.02 Å². The van der Waals surface area contributed by atoms with E-state index in [1.807, 2.05) is 30.3 Å². The van der Waals surface area contributed by atoms with Crippen LogP contribution in [0.15, 0.2) is 48.5 Å². The highest BCUT2D eigenvalue weighted by molar-refractivity contribution is 7.99. The number of rotatable bonds is 11. The number of hydrogen-bond donors (Lipinski definition) is 1. The molecule has 1 heterocycles. The zero-order valence-corrected chi connectivity index (χ0v) is 19.0. The summed E-state index contributed by atoms with van der Waals surface area (Å²) in [7, 11) is 0. The summed E-state index contributed by atoms with van der Waals surface area (Å²) >= 11 is 7.49. The molecule has 1 aliphatic heterocycles. The molecule has 0 saturated carbocycles. The van der Waals surface area contributed by atoms with Crippen LogP contribution in [0.3, 0.4) is 0 Å². The molecule has 0 spiro atoms. The van der Waals surface area contributed by atoms with Crippen molar-refractivity contribution in [2.45, 2.75) is 38.0 Å². The first-order valence-electron chi connectivity index (χ1n) is 10.7. The highest BCUT2D eigenvalue weighted by Crippen LogP contribution is 2.18. The largest absolute Gasteiger partial charge is 0.494 e. The maximum atomic E-state index is 12.0. The number of ether oxygens (including phenoxy) is 1. The Kier molecular flexibility index (Phi) is 9.87. The molecular formula is C24H31ClN2O2S. The lowest BCUT2D eigenvalue weighted by molar-refractivity contribution is -0.118. The van der Waals surface area contributed by atoms with Gasteiger partial charge in [-0.15, -0.1) is 11.8 Å². The molecule has 1 N–H and O–H groups in total. The Bertz CT molecular complexity index is 779. The van der Waals surface area contributed by atoms with Gasteiger partial charge < -0.3 is 10.1 Å². The van der Waals surface area contributed by atoms with Crippen molar-refractivity contribution in [3.8, 4) is 5.75 Å². The molecule has 0 bridgehead atoms. The van der Waals surface area contributed by atoms with Gasteiger partial charge in [-0.25, -0.2) is 0 Å². The molecule has 1 saturated heterocycles. The van der Waals surface area contributed by atoms with Gasteiger partial charge in [0.15, 0.2) is 0 Å². The third-order valence-electron chi connectivity index (χ3n) is 5.08. The predicted molar refractivity (Wildman–Crippen MR) is 126 cm³/mol. The highest BCUT2D eigenvalue weighted by Gasteiger charge is 2.10. The van der Waals surface area contributed by atoms with Gasteiger partial charge in [0, 0.05) is 23.9 Å². The van der Waals surface area contributed by atoms with Crippen LogP contribution in [0, 0.1) is 0 Å². The molecule has 30 heavy (non-hydrogen) atoms. The van der Waals surface area contributed by atoms with Gasteiger partial charge in [0.25, 0.3) is 0 Å². The van der Waals surface area contributed by atoms with Crippen molar-refractivity contribution < 1.29 is 9.53 Å².